The lowest BCUT2D eigenvalue weighted by Gasteiger charge is -2.14. The molecule has 0 bridgehead atoms. The molecule has 4 nitrogen and oxygen atoms in total. The Morgan fingerprint density at radius 3 is 2.52 bits per heavy atom. The van der Waals surface area contributed by atoms with Crippen LogP contribution in [0.5, 0.6) is 0 Å². The summed E-state index contributed by atoms with van der Waals surface area (Å²) in [5, 5.41) is 3.46. The molecule has 118 valence electrons. The number of nitrogens with one attached hydrogen (secondary N) is 1. The molecule has 0 amide bonds. The first-order valence-corrected chi connectivity index (χ1v) is 8.24. The van der Waals surface area contributed by atoms with Crippen LogP contribution in [0.4, 0.5) is 0 Å². The topological polar surface area (TPSA) is 47.0 Å². The van der Waals surface area contributed by atoms with Gasteiger partial charge in [-0.3, -0.25) is 0 Å². The molecule has 2 heterocycles. The Kier molecular flexibility index (Phi) is 6.12. The summed E-state index contributed by atoms with van der Waals surface area (Å²) in [6.45, 7) is 10.5. The van der Waals surface area contributed by atoms with Gasteiger partial charge in [0.15, 0.2) is 0 Å². The highest BCUT2D eigenvalue weighted by atomic mass is 16.5. The van der Waals surface area contributed by atoms with Gasteiger partial charge in [0.1, 0.15) is 5.82 Å². The predicted molar refractivity (Wildman–Crippen MR) is 85.6 cm³/mol. The summed E-state index contributed by atoms with van der Waals surface area (Å²) in [4.78, 5) is 9.40. The van der Waals surface area contributed by atoms with E-state index in [2.05, 4.69) is 33.0 Å². The number of nitrogens with zero attached hydrogens (tertiary/aromatic N) is 2. The highest BCUT2D eigenvalue weighted by molar-refractivity contribution is 5.24. The lowest BCUT2D eigenvalue weighted by Crippen LogP contribution is -2.24. The zero-order valence-corrected chi connectivity index (χ0v) is 13.9. The highest BCUT2D eigenvalue weighted by Crippen LogP contribution is 2.18. The van der Waals surface area contributed by atoms with Crippen LogP contribution in [-0.2, 0) is 17.6 Å². The van der Waals surface area contributed by atoms with Crippen LogP contribution in [0.2, 0.25) is 0 Å². The van der Waals surface area contributed by atoms with Gasteiger partial charge in [0, 0.05) is 30.5 Å². The smallest absolute Gasteiger partial charge is 0.131 e. The second kappa shape index (κ2) is 7.85. The second-order valence-corrected chi connectivity index (χ2v) is 6.34. The van der Waals surface area contributed by atoms with Crippen LogP contribution >= 0.6 is 0 Å². The van der Waals surface area contributed by atoms with E-state index in [1.54, 1.807) is 0 Å². The van der Waals surface area contributed by atoms with Crippen LogP contribution in [0.1, 0.15) is 55.9 Å². The Hall–Kier alpha value is -1.00. The number of ether oxygens (including phenoxy) is 1. The van der Waals surface area contributed by atoms with Crippen molar-refractivity contribution < 1.29 is 4.74 Å². The Morgan fingerprint density at radius 1 is 1.24 bits per heavy atom. The van der Waals surface area contributed by atoms with Gasteiger partial charge in [-0.05, 0) is 51.6 Å². The lowest BCUT2D eigenvalue weighted by molar-refractivity contribution is 0.110. The number of aryl methyl sites for hydroxylation is 2. The van der Waals surface area contributed by atoms with Gasteiger partial charge in [0.25, 0.3) is 0 Å². The van der Waals surface area contributed by atoms with E-state index in [1.165, 1.54) is 12.0 Å². The van der Waals surface area contributed by atoms with Crippen LogP contribution < -0.4 is 5.32 Å². The molecule has 0 saturated carbocycles. The molecule has 1 fully saturated rings. The zero-order chi connectivity index (χ0) is 15.2. The summed E-state index contributed by atoms with van der Waals surface area (Å²) in [5.41, 5.74) is 3.59. The molecular formula is C17H29N3O. The highest BCUT2D eigenvalue weighted by Gasteiger charge is 2.18. The molecule has 0 radical (unpaired) electrons. The maximum Gasteiger partial charge on any atom is 0.131 e. The fraction of sp³-hybridized carbons (Fsp3) is 0.765. The van der Waals surface area contributed by atoms with Gasteiger partial charge in [-0.25, -0.2) is 9.97 Å². The van der Waals surface area contributed by atoms with Gasteiger partial charge >= 0.3 is 0 Å². The number of aromatic nitrogens is 2. The van der Waals surface area contributed by atoms with E-state index < -0.39 is 0 Å². The molecular weight excluding hydrogens is 262 g/mol. The van der Waals surface area contributed by atoms with E-state index in [9.17, 15) is 0 Å². The van der Waals surface area contributed by atoms with E-state index in [-0.39, 0.29) is 0 Å². The van der Waals surface area contributed by atoms with Crippen molar-refractivity contribution in [2.45, 2.75) is 71.9 Å². The van der Waals surface area contributed by atoms with Crippen molar-refractivity contribution in [3.63, 3.8) is 0 Å². The maximum absolute atomic E-state index is 5.68. The molecule has 0 aliphatic carbocycles. The van der Waals surface area contributed by atoms with Crippen LogP contribution in [0.15, 0.2) is 0 Å². The van der Waals surface area contributed by atoms with Gasteiger partial charge in [0.05, 0.1) is 6.10 Å². The summed E-state index contributed by atoms with van der Waals surface area (Å²) in [6.07, 6.45) is 5.68. The summed E-state index contributed by atoms with van der Waals surface area (Å²) in [7, 11) is 0. The molecule has 2 rings (SSSR count). The summed E-state index contributed by atoms with van der Waals surface area (Å²) in [6, 6.07) is 0.553. The first-order valence-electron chi connectivity index (χ1n) is 8.24. The van der Waals surface area contributed by atoms with Crippen LogP contribution in [0.3, 0.4) is 0 Å². The number of hydrogen-bond donors (Lipinski definition) is 1. The quantitative estimate of drug-likeness (QED) is 0.785. The Balaban J connectivity index is 1.92. The minimum atomic E-state index is 0.324. The molecule has 0 aromatic carbocycles. The Bertz CT molecular complexity index is 430. The summed E-state index contributed by atoms with van der Waals surface area (Å²) >= 11 is 0. The monoisotopic (exact) mass is 291 g/mol. The minimum absolute atomic E-state index is 0.324. The molecule has 21 heavy (non-hydrogen) atoms. The van der Waals surface area contributed by atoms with E-state index in [1.807, 2.05) is 0 Å². The molecule has 1 unspecified atom stereocenters. The van der Waals surface area contributed by atoms with Gasteiger partial charge < -0.3 is 10.1 Å². The molecule has 0 spiro atoms. The van der Waals surface area contributed by atoms with E-state index >= 15 is 0 Å². The molecule has 1 aromatic heterocycles. The van der Waals surface area contributed by atoms with Crippen molar-refractivity contribution in [1.29, 1.82) is 0 Å². The van der Waals surface area contributed by atoms with Crippen molar-refractivity contribution in [1.82, 2.24) is 15.3 Å². The Morgan fingerprint density at radius 2 is 1.95 bits per heavy atom. The van der Waals surface area contributed by atoms with E-state index in [0.717, 1.165) is 56.0 Å². The zero-order valence-electron chi connectivity index (χ0n) is 13.9. The summed E-state index contributed by atoms with van der Waals surface area (Å²) in [5.74, 6) is 0.945. The fourth-order valence-electron chi connectivity index (χ4n) is 2.93. The van der Waals surface area contributed by atoms with E-state index in [0.29, 0.717) is 12.1 Å². The van der Waals surface area contributed by atoms with Crippen molar-refractivity contribution in [3.8, 4) is 0 Å². The van der Waals surface area contributed by atoms with Gasteiger partial charge in [-0.2, -0.15) is 0 Å². The Labute approximate surface area is 128 Å². The number of hydrogen-bond acceptors (Lipinski definition) is 4. The van der Waals surface area contributed by atoms with Gasteiger partial charge in [0.2, 0.25) is 0 Å². The molecule has 1 saturated heterocycles. The molecule has 1 aliphatic rings. The largest absolute Gasteiger partial charge is 0.378 e. The second-order valence-electron chi connectivity index (χ2n) is 6.34. The van der Waals surface area contributed by atoms with Crippen LogP contribution in [0.25, 0.3) is 0 Å². The molecule has 1 aromatic rings. The van der Waals surface area contributed by atoms with Crippen molar-refractivity contribution >= 4 is 0 Å². The SMILES string of the molecule is Cc1nc(CC2CCCO2)nc(C)c1CCCNC(C)C. The fourth-order valence-corrected chi connectivity index (χ4v) is 2.93. The normalized spacial score (nSPS) is 18.6. The third-order valence-electron chi connectivity index (χ3n) is 4.06. The van der Waals surface area contributed by atoms with Gasteiger partial charge in [-0.1, -0.05) is 13.8 Å². The predicted octanol–water partition coefficient (Wildman–Crippen LogP) is 2.75. The number of rotatable bonds is 7. The molecule has 1 aliphatic heterocycles. The molecule has 4 heteroatoms. The van der Waals surface area contributed by atoms with Crippen molar-refractivity contribution in [3.05, 3.63) is 22.8 Å². The average molecular weight is 291 g/mol. The molecule has 1 atom stereocenters. The standard InChI is InChI=1S/C17H29N3O/c1-12(2)18-9-5-8-16-13(3)19-17(20-14(16)4)11-15-7-6-10-21-15/h12,15,18H,5-11H2,1-4H3. The average Bonchev–Trinajstić information content (AvgIpc) is 2.89. The first kappa shape index (κ1) is 16.4. The van der Waals surface area contributed by atoms with Gasteiger partial charge in [-0.15, -0.1) is 0 Å². The van der Waals surface area contributed by atoms with Crippen molar-refractivity contribution in [2.24, 2.45) is 0 Å². The summed E-state index contributed by atoms with van der Waals surface area (Å²) < 4.78 is 5.68. The first-order chi connectivity index (χ1) is 10.1. The third kappa shape index (κ3) is 5.04. The third-order valence-corrected chi connectivity index (χ3v) is 4.06. The van der Waals surface area contributed by atoms with Crippen molar-refractivity contribution in [2.75, 3.05) is 13.2 Å². The van der Waals surface area contributed by atoms with E-state index in [4.69, 9.17) is 14.7 Å². The molecule has 1 N–H and O–H groups in total. The minimum Gasteiger partial charge on any atom is -0.378 e. The van der Waals surface area contributed by atoms with Crippen LogP contribution in [0, 0.1) is 13.8 Å². The maximum atomic E-state index is 5.68. The van der Waals surface area contributed by atoms with Crippen LogP contribution in [-0.4, -0.2) is 35.3 Å². The lowest BCUT2D eigenvalue weighted by atomic mass is 10.1.